The Morgan fingerprint density at radius 2 is 1.71 bits per heavy atom. The summed E-state index contributed by atoms with van der Waals surface area (Å²) in [5, 5.41) is 10.8. The Morgan fingerprint density at radius 3 is 2.44 bits per heavy atom. The van der Waals surface area contributed by atoms with Crippen molar-refractivity contribution in [1.82, 2.24) is 9.80 Å². The number of aromatic hydroxyl groups is 1. The van der Waals surface area contributed by atoms with E-state index >= 15 is 0 Å². The van der Waals surface area contributed by atoms with Crippen LogP contribution in [0.4, 0.5) is 0 Å². The molecule has 1 aliphatic rings. The van der Waals surface area contributed by atoms with Gasteiger partial charge in [0, 0.05) is 58.8 Å². The number of ketones is 1. The first kappa shape index (κ1) is 22.6. The fraction of sp³-hybridized carbons (Fsp3) is 0.250. The van der Waals surface area contributed by atoms with Crippen LogP contribution in [0.5, 0.6) is 11.5 Å². The highest BCUT2D eigenvalue weighted by Gasteiger charge is 2.22. The van der Waals surface area contributed by atoms with Crippen LogP contribution in [0.3, 0.4) is 0 Å². The molecule has 0 spiro atoms. The van der Waals surface area contributed by atoms with E-state index in [1.165, 1.54) is 11.3 Å². The number of carbonyl (C=O) groups excluding carboxylic acids is 1. The summed E-state index contributed by atoms with van der Waals surface area (Å²) in [6.45, 7) is 5.88. The quantitative estimate of drug-likeness (QED) is 0.378. The van der Waals surface area contributed by atoms with Crippen molar-refractivity contribution in [1.29, 1.82) is 0 Å². The third-order valence-corrected chi connectivity index (χ3v) is 7.53. The number of ether oxygens (including phenoxy) is 1. The fourth-order valence-electron chi connectivity index (χ4n) is 4.31. The van der Waals surface area contributed by atoms with Gasteiger partial charge in [0.2, 0.25) is 0 Å². The maximum Gasteiger partial charge on any atom is 0.195 e. The van der Waals surface area contributed by atoms with Crippen LogP contribution in [0.15, 0.2) is 72.8 Å². The lowest BCUT2D eigenvalue weighted by atomic mass is 9.97. The summed E-state index contributed by atoms with van der Waals surface area (Å²) in [7, 11) is 2.16. The van der Waals surface area contributed by atoms with Gasteiger partial charge in [0.25, 0.3) is 0 Å². The molecule has 5 nitrogen and oxygen atoms in total. The van der Waals surface area contributed by atoms with Crippen molar-refractivity contribution in [3.05, 3.63) is 83.9 Å². The molecule has 2 heterocycles. The largest absolute Gasteiger partial charge is 0.508 e. The summed E-state index contributed by atoms with van der Waals surface area (Å²) < 4.78 is 6.84. The maximum atomic E-state index is 13.7. The molecule has 3 aromatic carbocycles. The standard InChI is InChI=1S/C28H28N2O3S/c1-29-13-15-30(16-14-29)17-18-33-23-10-7-20(8-11-23)27(32)26-24-12-9-22(31)19-25(24)34-28(26)21-5-3-2-4-6-21/h2-12,19,31H,13-18H2,1H3. The molecule has 1 saturated heterocycles. The van der Waals surface area contributed by atoms with Crippen LogP contribution in [0.25, 0.3) is 20.5 Å². The zero-order valence-electron chi connectivity index (χ0n) is 19.2. The summed E-state index contributed by atoms with van der Waals surface area (Å²) in [6.07, 6.45) is 0. The molecular weight excluding hydrogens is 444 g/mol. The first-order chi connectivity index (χ1) is 16.6. The lowest BCUT2D eigenvalue weighted by molar-refractivity contribution is 0.104. The van der Waals surface area contributed by atoms with E-state index in [0.29, 0.717) is 17.7 Å². The molecule has 0 radical (unpaired) electrons. The summed E-state index contributed by atoms with van der Waals surface area (Å²) in [5.41, 5.74) is 2.29. The number of thiophene rings is 1. The number of hydrogen-bond donors (Lipinski definition) is 1. The molecule has 1 aromatic heterocycles. The highest BCUT2D eigenvalue weighted by molar-refractivity contribution is 7.22. The molecule has 1 fully saturated rings. The number of benzene rings is 3. The van der Waals surface area contributed by atoms with E-state index in [-0.39, 0.29) is 11.5 Å². The normalized spacial score (nSPS) is 15.0. The van der Waals surface area contributed by atoms with Crippen LogP contribution in [-0.4, -0.2) is 67.1 Å². The lowest BCUT2D eigenvalue weighted by Crippen LogP contribution is -2.45. The van der Waals surface area contributed by atoms with Crippen LogP contribution in [0, 0.1) is 0 Å². The van der Waals surface area contributed by atoms with E-state index in [1.807, 2.05) is 60.7 Å². The second-order valence-electron chi connectivity index (χ2n) is 8.70. The van der Waals surface area contributed by atoms with E-state index < -0.39 is 0 Å². The van der Waals surface area contributed by atoms with E-state index in [2.05, 4.69) is 16.8 Å². The Hall–Kier alpha value is -3.19. The van der Waals surface area contributed by atoms with Gasteiger partial charge < -0.3 is 14.7 Å². The molecule has 0 amide bonds. The Balaban J connectivity index is 1.35. The van der Waals surface area contributed by atoms with Gasteiger partial charge in [-0.2, -0.15) is 0 Å². The third kappa shape index (κ3) is 4.85. The van der Waals surface area contributed by atoms with Crippen LogP contribution >= 0.6 is 11.3 Å². The molecule has 0 aliphatic carbocycles. The third-order valence-electron chi connectivity index (χ3n) is 6.33. The second kappa shape index (κ2) is 9.97. The van der Waals surface area contributed by atoms with E-state index in [1.54, 1.807) is 12.1 Å². The van der Waals surface area contributed by atoms with Crippen molar-refractivity contribution in [2.45, 2.75) is 0 Å². The van der Waals surface area contributed by atoms with Gasteiger partial charge in [0.15, 0.2) is 5.78 Å². The van der Waals surface area contributed by atoms with Gasteiger partial charge >= 0.3 is 0 Å². The van der Waals surface area contributed by atoms with Crippen molar-refractivity contribution in [3.63, 3.8) is 0 Å². The molecule has 1 aliphatic heterocycles. The summed E-state index contributed by atoms with van der Waals surface area (Å²) in [6, 6.07) is 22.6. The molecule has 5 rings (SSSR count). The van der Waals surface area contributed by atoms with Crippen LogP contribution in [0.1, 0.15) is 15.9 Å². The summed E-state index contributed by atoms with van der Waals surface area (Å²) in [4.78, 5) is 19.3. The number of carbonyl (C=O) groups is 1. The predicted molar refractivity (Wildman–Crippen MR) is 138 cm³/mol. The molecule has 4 aromatic rings. The number of piperazine rings is 1. The first-order valence-electron chi connectivity index (χ1n) is 11.6. The molecule has 0 atom stereocenters. The molecule has 0 unspecified atom stereocenters. The smallest absolute Gasteiger partial charge is 0.195 e. The Kier molecular flexibility index (Phi) is 6.63. The summed E-state index contributed by atoms with van der Waals surface area (Å²) >= 11 is 1.53. The zero-order chi connectivity index (χ0) is 23.5. The number of likely N-dealkylation sites (N-methyl/N-ethyl adjacent to an activating group) is 1. The molecule has 174 valence electrons. The number of phenolic OH excluding ortho intramolecular Hbond substituents is 1. The molecule has 34 heavy (non-hydrogen) atoms. The van der Waals surface area contributed by atoms with E-state index in [4.69, 9.17) is 4.74 Å². The highest BCUT2D eigenvalue weighted by Crippen LogP contribution is 2.41. The van der Waals surface area contributed by atoms with E-state index in [0.717, 1.165) is 59.0 Å². The first-order valence-corrected chi connectivity index (χ1v) is 12.4. The SMILES string of the molecule is CN1CCN(CCOc2ccc(C(=O)c3c(-c4ccccc4)sc4cc(O)ccc34)cc2)CC1. The number of rotatable bonds is 7. The minimum Gasteiger partial charge on any atom is -0.508 e. The topological polar surface area (TPSA) is 53.0 Å². The Labute approximate surface area is 203 Å². The van der Waals surface area contributed by atoms with Gasteiger partial charge in [0.05, 0.1) is 0 Å². The second-order valence-corrected chi connectivity index (χ2v) is 9.75. The van der Waals surface area contributed by atoms with Crippen molar-refractivity contribution < 1.29 is 14.6 Å². The number of nitrogens with zero attached hydrogens (tertiary/aromatic N) is 2. The van der Waals surface area contributed by atoms with Crippen LogP contribution in [0.2, 0.25) is 0 Å². The molecule has 1 N–H and O–H groups in total. The van der Waals surface area contributed by atoms with Crippen molar-refractivity contribution >= 4 is 27.2 Å². The van der Waals surface area contributed by atoms with Gasteiger partial charge in [-0.05, 0) is 55.1 Å². The Bertz CT molecular complexity index is 1280. The van der Waals surface area contributed by atoms with Crippen LogP contribution in [-0.2, 0) is 0 Å². The molecule has 0 saturated carbocycles. The average molecular weight is 473 g/mol. The highest BCUT2D eigenvalue weighted by atomic mass is 32.1. The lowest BCUT2D eigenvalue weighted by Gasteiger charge is -2.32. The zero-order valence-corrected chi connectivity index (χ0v) is 20.1. The minimum absolute atomic E-state index is 0.0280. The van der Waals surface area contributed by atoms with Gasteiger partial charge in [-0.25, -0.2) is 0 Å². The van der Waals surface area contributed by atoms with Gasteiger partial charge in [-0.15, -0.1) is 11.3 Å². The average Bonchev–Trinajstić information content (AvgIpc) is 3.24. The van der Waals surface area contributed by atoms with Gasteiger partial charge in [-0.1, -0.05) is 30.3 Å². The Morgan fingerprint density at radius 1 is 0.971 bits per heavy atom. The molecular formula is C28H28N2O3S. The molecule has 0 bridgehead atoms. The summed E-state index contributed by atoms with van der Waals surface area (Å²) in [5.74, 6) is 0.944. The minimum atomic E-state index is -0.0280. The van der Waals surface area contributed by atoms with Crippen molar-refractivity contribution in [2.24, 2.45) is 0 Å². The fourth-order valence-corrected chi connectivity index (χ4v) is 5.55. The number of phenols is 1. The van der Waals surface area contributed by atoms with E-state index in [9.17, 15) is 9.90 Å². The monoisotopic (exact) mass is 472 g/mol. The predicted octanol–water partition coefficient (Wildman–Crippen LogP) is 5.13. The maximum absolute atomic E-state index is 13.7. The van der Waals surface area contributed by atoms with Gasteiger partial charge in [0.1, 0.15) is 18.1 Å². The van der Waals surface area contributed by atoms with Crippen molar-refractivity contribution in [3.8, 4) is 21.9 Å². The number of hydrogen-bond acceptors (Lipinski definition) is 6. The van der Waals surface area contributed by atoms with Gasteiger partial charge in [-0.3, -0.25) is 9.69 Å². The number of fused-ring (bicyclic) bond motifs is 1. The molecule has 6 heteroatoms. The van der Waals surface area contributed by atoms with Crippen molar-refractivity contribution in [2.75, 3.05) is 46.4 Å². The van der Waals surface area contributed by atoms with Crippen LogP contribution < -0.4 is 4.74 Å².